The number of piperidine rings is 2. The van der Waals surface area contributed by atoms with Crippen molar-refractivity contribution in [3.8, 4) is 0 Å². The van der Waals surface area contributed by atoms with E-state index in [2.05, 4.69) is 5.32 Å². The van der Waals surface area contributed by atoms with Crippen molar-refractivity contribution < 1.29 is 9.59 Å². The molecule has 2 bridgehead atoms. The van der Waals surface area contributed by atoms with E-state index in [0.29, 0.717) is 12.8 Å². The third-order valence-corrected chi connectivity index (χ3v) is 2.28. The number of imide groups is 1. The zero-order chi connectivity index (χ0) is 7.35. The van der Waals surface area contributed by atoms with Crippen molar-refractivity contribution in [1.82, 2.24) is 5.32 Å². The summed E-state index contributed by atoms with van der Waals surface area (Å²) in [5.74, 6) is -0.458. The van der Waals surface area contributed by atoms with Gasteiger partial charge in [-0.3, -0.25) is 14.9 Å². The maximum atomic E-state index is 10.9. The Bertz CT molecular complexity index is 223. The van der Waals surface area contributed by atoms with Gasteiger partial charge in [0.25, 0.3) is 0 Å². The Labute approximate surface area is 69.9 Å². The Morgan fingerprint density at radius 2 is 2.00 bits per heavy atom. The molecule has 62 valence electrons. The number of nitrogens with two attached hydrogens (primary N) is 1. The highest BCUT2D eigenvalue weighted by atomic mass is 35.5. The van der Waals surface area contributed by atoms with Gasteiger partial charge in [0, 0.05) is 5.92 Å². The molecule has 3 rings (SSSR count). The number of fused-ring (bicyclic) bond motifs is 2. The Morgan fingerprint density at radius 3 is 2.36 bits per heavy atom. The maximum Gasteiger partial charge on any atom is 0.246 e. The summed E-state index contributed by atoms with van der Waals surface area (Å²) in [7, 11) is 0. The Balaban J connectivity index is 0.000000605. The van der Waals surface area contributed by atoms with E-state index >= 15 is 0 Å². The van der Waals surface area contributed by atoms with Crippen molar-refractivity contribution in [3.05, 3.63) is 0 Å². The molecule has 0 aromatic rings. The summed E-state index contributed by atoms with van der Waals surface area (Å²) in [4.78, 5) is 21.7. The summed E-state index contributed by atoms with van der Waals surface area (Å²) in [5, 5.41) is 2.22. The van der Waals surface area contributed by atoms with Gasteiger partial charge in [-0.1, -0.05) is 0 Å². The number of amides is 2. The fraction of sp³-hybridized carbons (Fsp3) is 0.667. The lowest BCUT2D eigenvalue weighted by Crippen LogP contribution is -2.70. The molecule has 2 amide bonds. The fourth-order valence-electron chi connectivity index (χ4n) is 1.53. The molecule has 0 aromatic carbocycles. The second-order valence-corrected chi connectivity index (χ2v) is 3.08. The van der Waals surface area contributed by atoms with Gasteiger partial charge < -0.3 is 5.73 Å². The van der Waals surface area contributed by atoms with Gasteiger partial charge in [-0.2, -0.15) is 0 Å². The lowest BCUT2D eigenvalue weighted by molar-refractivity contribution is -0.150. The number of nitrogens with one attached hydrogen (secondary N) is 1. The van der Waals surface area contributed by atoms with Crippen LogP contribution in [0.4, 0.5) is 0 Å². The van der Waals surface area contributed by atoms with Gasteiger partial charge in [-0.25, -0.2) is 0 Å². The molecule has 1 saturated carbocycles. The van der Waals surface area contributed by atoms with Gasteiger partial charge in [-0.15, -0.1) is 12.4 Å². The van der Waals surface area contributed by atoms with Crippen molar-refractivity contribution in [1.29, 1.82) is 0 Å². The molecule has 4 nitrogen and oxygen atoms in total. The number of rotatable bonds is 0. The van der Waals surface area contributed by atoms with Crippen molar-refractivity contribution in [2.75, 3.05) is 0 Å². The van der Waals surface area contributed by atoms with Crippen LogP contribution >= 0.6 is 12.4 Å². The highest BCUT2D eigenvalue weighted by Gasteiger charge is 2.54. The van der Waals surface area contributed by atoms with Gasteiger partial charge in [0.05, 0.1) is 5.54 Å². The van der Waals surface area contributed by atoms with E-state index in [9.17, 15) is 9.59 Å². The summed E-state index contributed by atoms with van der Waals surface area (Å²) >= 11 is 0. The first kappa shape index (κ1) is 8.49. The largest absolute Gasteiger partial charge is 0.317 e. The van der Waals surface area contributed by atoms with E-state index in [4.69, 9.17) is 5.73 Å². The van der Waals surface area contributed by atoms with E-state index in [1.165, 1.54) is 0 Å². The predicted octanol–water partition coefficient (Wildman–Crippen LogP) is -0.828. The normalized spacial score (nSPS) is 40.3. The summed E-state index contributed by atoms with van der Waals surface area (Å²) < 4.78 is 0. The minimum Gasteiger partial charge on any atom is -0.317 e. The number of halogens is 1. The SMILES string of the molecule is Cl.NC12CC(C1)C(=O)NC2=O. The van der Waals surface area contributed by atoms with Crippen LogP contribution < -0.4 is 11.1 Å². The number of carbonyl (C=O) groups is 2. The van der Waals surface area contributed by atoms with E-state index in [1.54, 1.807) is 0 Å². The van der Waals surface area contributed by atoms with E-state index in [1.807, 2.05) is 0 Å². The molecule has 3 fully saturated rings. The first-order valence-electron chi connectivity index (χ1n) is 3.26. The summed E-state index contributed by atoms with van der Waals surface area (Å²) in [6, 6.07) is 0. The minimum atomic E-state index is -0.710. The second kappa shape index (κ2) is 2.19. The smallest absolute Gasteiger partial charge is 0.246 e. The summed E-state index contributed by atoms with van der Waals surface area (Å²) in [6.07, 6.45) is 1.08. The molecule has 2 saturated heterocycles. The molecule has 0 unspecified atom stereocenters. The maximum absolute atomic E-state index is 10.9. The van der Waals surface area contributed by atoms with Crippen LogP contribution in [0.25, 0.3) is 0 Å². The number of hydrogen-bond donors (Lipinski definition) is 2. The third kappa shape index (κ3) is 0.937. The third-order valence-electron chi connectivity index (χ3n) is 2.28. The summed E-state index contributed by atoms with van der Waals surface area (Å²) in [5.41, 5.74) is 4.88. The molecule has 3 aliphatic rings. The van der Waals surface area contributed by atoms with Crippen LogP contribution in [0.5, 0.6) is 0 Å². The standard InChI is InChI=1S/C6H8N2O2.ClH/c7-6-1-3(2-6)4(9)8-5(6)10;/h3H,1-2,7H2,(H,8,9,10);1H. The monoisotopic (exact) mass is 176 g/mol. The highest BCUT2D eigenvalue weighted by molar-refractivity contribution is 6.06. The van der Waals surface area contributed by atoms with Crippen LogP contribution in [0.15, 0.2) is 0 Å². The van der Waals surface area contributed by atoms with Gasteiger partial charge in [-0.05, 0) is 12.8 Å². The molecule has 0 aromatic heterocycles. The molecule has 0 radical (unpaired) electrons. The molecule has 3 N–H and O–H groups in total. The van der Waals surface area contributed by atoms with Gasteiger partial charge in [0.1, 0.15) is 0 Å². The van der Waals surface area contributed by atoms with Crippen LogP contribution in [0.1, 0.15) is 12.8 Å². The molecule has 2 heterocycles. The molecule has 0 spiro atoms. The van der Waals surface area contributed by atoms with E-state index in [0.717, 1.165) is 0 Å². The molecule has 11 heavy (non-hydrogen) atoms. The molecule has 5 heteroatoms. The first-order valence-corrected chi connectivity index (χ1v) is 3.26. The highest BCUT2D eigenvalue weighted by Crippen LogP contribution is 2.39. The zero-order valence-electron chi connectivity index (χ0n) is 5.79. The quantitative estimate of drug-likeness (QED) is 0.474. The van der Waals surface area contributed by atoms with Crippen molar-refractivity contribution in [3.63, 3.8) is 0 Å². The molecule has 2 aliphatic heterocycles. The molecule has 0 atom stereocenters. The molecule has 1 aliphatic carbocycles. The van der Waals surface area contributed by atoms with Crippen LogP contribution in [0, 0.1) is 5.92 Å². The van der Waals surface area contributed by atoms with Crippen LogP contribution in [0.2, 0.25) is 0 Å². The summed E-state index contributed by atoms with van der Waals surface area (Å²) in [6.45, 7) is 0. The lowest BCUT2D eigenvalue weighted by atomic mass is 9.65. The lowest BCUT2D eigenvalue weighted by Gasteiger charge is -2.46. The predicted molar refractivity (Wildman–Crippen MR) is 40.0 cm³/mol. The zero-order valence-corrected chi connectivity index (χ0v) is 6.61. The van der Waals surface area contributed by atoms with Crippen LogP contribution in [-0.2, 0) is 9.59 Å². The van der Waals surface area contributed by atoms with Crippen molar-refractivity contribution >= 4 is 24.2 Å². The van der Waals surface area contributed by atoms with Crippen molar-refractivity contribution in [2.24, 2.45) is 11.7 Å². The van der Waals surface area contributed by atoms with Crippen LogP contribution in [-0.4, -0.2) is 17.4 Å². The molecular formula is C6H9ClN2O2. The van der Waals surface area contributed by atoms with Crippen molar-refractivity contribution in [2.45, 2.75) is 18.4 Å². The second-order valence-electron chi connectivity index (χ2n) is 3.08. The topological polar surface area (TPSA) is 72.2 Å². The Kier molecular flexibility index (Phi) is 1.69. The average molecular weight is 177 g/mol. The first-order chi connectivity index (χ1) is 4.62. The van der Waals surface area contributed by atoms with Gasteiger partial charge in [0.2, 0.25) is 11.8 Å². The Morgan fingerprint density at radius 1 is 1.45 bits per heavy atom. The number of hydrogen-bond acceptors (Lipinski definition) is 3. The van der Waals surface area contributed by atoms with E-state index < -0.39 is 5.54 Å². The average Bonchev–Trinajstić information content (AvgIpc) is 1.76. The molecular weight excluding hydrogens is 168 g/mol. The Hall–Kier alpha value is -0.610. The van der Waals surface area contributed by atoms with E-state index in [-0.39, 0.29) is 30.1 Å². The number of carbonyl (C=O) groups excluding carboxylic acids is 2. The van der Waals surface area contributed by atoms with Crippen LogP contribution in [0.3, 0.4) is 0 Å². The minimum absolute atomic E-state index is 0. The fourth-order valence-corrected chi connectivity index (χ4v) is 1.53. The van der Waals surface area contributed by atoms with Gasteiger partial charge >= 0.3 is 0 Å². The van der Waals surface area contributed by atoms with Gasteiger partial charge in [0.15, 0.2) is 0 Å².